The smallest absolute Gasteiger partial charge is 0.122 e. The highest BCUT2D eigenvalue weighted by molar-refractivity contribution is 5.97. The van der Waals surface area contributed by atoms with Gasteiger partial charge in [0.2, 0.25) is 0 Å². The van der Waals surface area contributed by atoms with Gasteiger partial charge in [-0.2, -0.15) is 0 Å². The standard InChI is InChI=1S/C56H70N2O2/c1-11-14-28-56(13-3,36-60-53-25-23-38(6)31-44(53)39(7)12-2)35-47-50(30-37(4)5)57(42-20-16-15-17-21-42)51-33-45-49(34-46(51)55(47,9)10)58(48-22-18-19-40(8)54(45)48)43-24-26-52-41(32-43)27-29-59-52/h12,14-18,20-26,28,32-34,37-40,44,53H,2,11,13,19,27,29-31,35-36H2,1,3-10H3/b28-14-. The number of fused-ring (bicyclic) bond motifs is 5. The van der Waals surface area contributed by atoms with Crippen LogP contribution >= 0.6 is 0 Å². The van der Waals surface area contributed by atoms with Crippen molar-refractivity contribution in [2.24, 2.45) is 29.1 Å². The Balaban J connectivity index is 1.33. The molecule has 2 aliphatic carbocycles. The van der Waals surface area contributed by atoms with Crippen LogP contribution < -0.4 is 9.64 Å². The third-order valence-corrected chi connectivity index (χ3v) is 14.5. The second-order valence-corrected chi connectivity index (χ2v) is 19.6. The molecule has 1 aromatic heterocycles. The maximum absolute atomic E-state index is 7.20. The van der Waals surface area contributed by atoms with E-state index < -0.39 is 0 Å². The number of hydrogen-bond donors (Lipinski definition) is 0. The highest BCUT2D eigenvalue weighted by atomic mass is 16.5. The molecule has 4 nitrogen and oxygen atoms in total. The van der Waals surface area contributed by atoms with Crippen molar-refractivity contribution in [2.45, 2.75) is 125 Å². The van der Waals surface area contributed by atoms with Crippen LogP contribution in [0.5, 0.6) is 5.75 Å². The summed E-state index contributed by atoms with van der Waals surface area (Å²) in [7, 11) is 0. The summed E-state index contributed by atoms with van der Waals surface area (Å²) in [4.78, 5) is 2.66. The normalized spacial score (nSPS) is 23.5. The first-order valence-electron chi connectivity index (χ1n) is 23.2. The van der Waals surface area contributed by atoms with Crippen LogP contribution in [0.25, 0.3) is 22.7 Å². The molecule has 60 heavy (non-hydrogen) atoms. The van der Waals surface area contributed by atoms with E-state index in [0.29, 0.717) is 36.2 Å². The topological polar surface area (TPSA) is 26.6 Å². The second-order valence-electron chi connectivity index (χ2n) is 19.6. The number of nitrogens with zero attached hydrogens (tertiary/aromatic N) is 2. The molecule has 0 fully saturated rings. The number of aromatic nitrogens is 1. The molecule has 0 saturated heterocycles. The van der Waals surface area contributed by atoms with Crippen LogP contribution in [0.1, 0.15) is 129 Å². The van der Waals surface area contributed by atoms with E-state index in [2.05, 4.69) is 182 Å². The molecule has 0 saturated carbocycles. The number of ether oxygens (including phenoxy) is 2. The van der Waals surface area contributed by atoms with Crippen molar-refractivity contribution in [1.29, 1.82) is 0 Å². The Morgan fingerprint density at radius 3 is 2.53 bits per heavy atom. The van der Waals surface area contributed by atoms with Gasteiger partial charge >= 0.3 is 0 Å². The Hall–Kier alpha value is -4.54. The first kappa shape index (κ1) is 42.2. The van der Waals surface area contributed by atoms with Gasteiger partial charge in [0.15, 0.2) is 0 Å². The van der Waals surface area contributed by atoms with Gasteiger partial charge in [0.25, 0.3) is 0 Å². The van der Waals surface area contributed by atoms with Crippen molar-refractivity contribution in [2.75, 3.05) is 18.1 Å². The molecule has 4 aliphatic rings. The fourth-order valence-electron chi connectivity index (χ4n) is 10.9. The predicted octanol–water partition coefficient (Wildman–Crippen LogP) is 15.0. The SMILES string of the molecule is C=CC(C)C1CC(C)C=CC1OCC(/C=C\CC)(CC)CC1=C(CC(C)C)N(c2ccccc2)c2cc3c4c(n(-c5ccc6c(c5)CCO6)c3cc2C1(C)C)C=CCC4C. The summed E-state index contributed by atoms with van der Waals surface area (Å²) in [5, 5.41) is 1.36. The van der Waals surface area contributed by atoms with Gasteiger partial charge in [0.05, 0.1) is 30.5 Å². The van der Waals surface area contributed by atoms with Crippen LogP contribution in [0, 0.1) is 29.1 Å². The highest BCUT2D eigenvalue weighted by Gasteiger charge is 2.44. The summed E-state index contributed by atoms with van der Waals surface area (Å²) in [6.07, 6.45) is 23.6. The molecule has 316 valence electrons. The first-order chi connectivity index (χ1) is 28.9. The van der Waals surface area contributed by atoms with Crippen molar-refractivity contribution in [1.82, 2.24) is 4.57 Å². The van der Waals surface area contributed by atoms with Crippen LogP contribution in [0.3, 0.4) is 0 Å². The van der Waals surface area contributed by atoms with E-state index in [-0.39, 0.29) is 16.9 Å². The number of para-hydroxylation sites is 1. The summed E-state index contributed by atoms with van der Waals surface area (Å²) in [6, 6.07) is 23.2. The van der Waals surface area contributed by atoms with Gasteiger partial charge in [-0.1, -0.05) is 117 Å². The maximum atomic E-state index is 7.20. The largest absolute Gasteiger partial charge is 0.493 e. The fraction of sp³-hybridized carbons (Fsp3) is 0.464. The highest BCUT2D eigenvalue weighted by Crippen LogP contribution is 2.55. The number of benzene rings is 3. The molecule has 0 spiro atoms. The molecule has 6 atom stereocenters. The molecule has 6 unspecified atom stereocenters. The Morgan fingerprint density at radius 1 is 1.00 bits per heavy atom. The summed E-state index contributed by atoms with van der Waals surface area (Å²) in [5.41, 5.74) is 13.0. The first-order valence-corrected chi connectivity index (χ1v) is 23.2. The number of allylic oxidation sites excluding steroid dienone is 6. The van der Waals surface area contributed by atoms with Gasteiger partial charge in [0.1, 0.15) is 5.75 Å². The Kier molecular flexibility index (Phi) is 12.0. The fourth-order valence-corrected chi connectivity index (χ4v) is 10.9. The lowest BCUT2D eigenvalue weighted by molar-refractivity contribution is -0.0168. The van der Waals surface area contributed by atoms with E-state index in [4.69, 9.17) is 9.47 Å². The molecule has 3 heterocycles. The Morgan fingerprint density at radius 2 is 1.80 bits per heavy atom. The second kappa shape index (κ2) is 17.1. The van der Waals surface area contributed by atoms with Gasteiger partial charge in [-0.15, -0.1) is 6.58 Å². The average Bonchev–Trinajstić information content (AvgIpc) is 3.85. The Bertz CT molecular complexity index is 2340. The van der Waals surface area contributed by atoms with Crippen LogP contribution in [0.4, 0.5) is 11.4 Å². The minimum absolute atomic E-state index is 0.0782. The third-order valence-electron chi connectivity index (χ3n) is 14.5. The molecule has 4 aromatic rings. The zero-order valence-corrected chi connectivity index (χ0v) is 38.1. The van der Waals surface area contributed by atoms with E-state index in [1.807, 2.05) is 0 Å². The zero-order valence-electron chi connectivity index (χ0n) is 38.1. The minimum atomic E-state index is -0.262. The third kappa shape index (κ3) is 7.67. The molecule has 0 N–H and O–H groups in total. The monoisotopic (exact) mass is 803 g/mol. The van der Waals surface area contributed by atoms with Crippen molar-refractivity contribution >= 4 is 28.4 Å². The number of hydrogen-bond acceptors (Lipinski definition) is 3. The maximum Gasteiger partial charge on any atom is 0.122 e. The van der Waals surface area contributed by atoms with Crippen molar-refractivity contribution in [3.63, 3.8) is 0 Å². The number of rotatable bonds is 14. The molecular weight excluding hydrogens is 733 g/mol. The van der Waals surface area contributed by atoms with Crippen molar-refractivity contribution in [3.8, 4) is 11.4 Å². The van der Waals surface area contributed by atoms with E-state index in [1.54, 1.807) is 0 Å². The van der Waals surface area contributed by atoms with Gasteiger partial charge in [-0.05, 0) is 139 Å². The Labute approximate surface area is 361 Å². The quantitative estimate of drug-likeness (QED) is 0.119. The summed E-state index contributed by atoms with van der Waals surface area (Å²) < 4.78 is 15.7. The average molecular weight is 803 g/mol. The lowest BCUT2D eigenvalue weighted by atomic mass is 9.65. The van der Waals surface area contributed by atoms with Gasteiger partial charge in [-0.25, -0.2) is 0 Å². The molecule has 8 rings (SSSR count). The molecule has 0 radical (unpaired) electrons. The van der Waals surface area contributed by atoms with E-state index in [0.717, 1.165) is 57.3 Å². The lowest BCUT2D eigenvalue weighted by Gasteiger charge is -2.47. The lowest BCUT2D eigenvalue weighted by Crippen LogP contribution is -2.39. The van der Waals surface area contributed by atoms with E-state index >= 15 is 0 Å². The summed E-state index contributed by atoms with van der Waals surface area (Å²) in [5.74, 6) is 3.28. The summed E-state index contributed by atoms with van der Waals surface area (Å²) in [6.45, 7) is 27.1. The van der Waals surface area contributed by atoms with E-state index in [9.17, 15) is 0 Å². The van der Waals surface area contributed by atoms with Gasteiger partial charge in [0, 0.05) is 45.4 Å². The summed E-state index contributed by atoms with van der Waals surface area (Å²) >= 11 is 0. The zero-order chi connectivity index (χ0) is 42.3. The molecule has 3 aromatic carbocycles. The molecule has 2 aliphatic heterocycles. The molecule has 0 bridgehead atoms. The van der Waals surface area contributed by atoms with Crippen molar-refractivity contribution < 1.29 is 9.47 Å². The minimum Gasteiger partial charge on any atom is -0.493 e. The van der Waals surface area contributed by atoms with E-state index in [1.165, 1.54) is 61.6 Å². The number of anilines is 2. The van der Waals surface area contributed by atoms with Gasteiger partial charge < -0.3 is 18.9 Å². The predicted molar refractivity (Wildman–Crippen MR) is 255 cm³/mol. The van der Waals surface area contributed by atoms with Crippen LogP contribution in [0.15, 0.2) is 115 Å². The van der Waals surface area contributed by atoms with Crippen LogP contribution in [-0.4, -0.2) is 23.9 Å². The molecule has 0 amide bonds. The van der Waals surface area contributed by atoms with Gasteiger partial charge in [-0.3, -0.25) is 0 Å². The van der Waals surface area contributed by atoms with Crippen molar-refractivity contribution in [3.05, 3.63) is 137 Å². The van der Waals surface area contributed by atoms with Crippen LogP contribution in [-0.2, 0) is 16.6 Å². The van der Waals surface area contributed by atoms with Crippen LogP contribution in [0.2, 0.25) is 0 Å². The molecule has 4 heteroatoms. The molecular formula is C56H70N2O2.